The molecule has 0 aromatic heterocycles. The van der Waals surface area contributed by atoms with E-state index in [4.69, 9.17) is 0 Å². The predicted molar refractivity (Wildman–Crippen MR) is 62.9 cm³/mol. The summed E-state index contributed by atoms with van der Waals surface area (Å²) in [4.78, 5) is 2.62. The van der Waals surface area contributed by atoms with Gasteiger partial charge in [0.25, 0.3) is 0 Å². The number of hydrogen-bond donors (Lipinski definition) is 0. The van der Waals surface area contributed by atoms with Crippen molar-refractivity contribution in [3.63, 3.8) is 0 Å². The molecule has 80 valence electrons. The van der Waals surface area contributed by atoms with Crippen LogP contribution in [-0.4, -0.2) is 24.0 Å². The van der Waals surface area contributed by atoms with Crippen LogP contribution in [0.2, 0.25) is 0 Å². The van der Waals surface area contributed by atoms with E-state index in [-0.39, 0.29) is 0 Å². The van der Waals surface area contributed by atoms with Gasteiger partial charge in [-0.1, -0.05) is 30.3 Å². The van der Waals surface area contributed by atoms with Gasteiger partial charge in [-0.3, -0.25) is 0 Å². The third kappa shape index (κ3) is 1.50. The maximum absolute atomic E-state index is 2.62. The molecule has 1 saturated heterocycles. The van der Waals surface area contributed by atoms with Crippen LogP contribution >= 0.6 is 0 Å². The summed E-state index contributed by atoms with van der Waals surface area (Å²) in [6, 6.07) is 11.8. The fourth-order valence-corrected chi connectivity index (χ4v) is 3.15. The van der Waals surface area contributed by atoms with E-state index in [1.807, 2.05) is 0 Å². The maximum atomic E-state index is 2.62. The summed E-state index contributed by atoms with van der Waals surface area (Å²) in [6.45, 7) is 7.26. The minimum absolute atomic E-state index is 0.731. The van der Waals surface area contributed by atoms with Crippen LogP contribution in [-0.2, 0) is 0 Å². The Bertz CT molecular complexity index is 332. The number of benzene rings is 1. The molecule has 1 aromatic carbocycles. The van der Waals surface area contributed by atoms with Crippen LogP contribution in [0.15, 0.2) is 30.3 Å². The number of piperidine rings is 1. The van der Waals surface area contributed by atoms with Crippen molar-refractivity contribution in [3.05, 3.63) is 35.9 Å². The highest BCUT2D eigenvalue weighted by molar-refractivity contribution is 5.30. The van der Waals surface area contributed by atoms with E-state index in [9.17, 15) is 0 Å². The van der Waals surface area contributed by atoms with Crippen molar-refractivity contribution in [3.8, 4) is 0 Å². The van der Waals surface area contributed by atoms with Crippen LogP contribution in [0, 0.1) is 11.8 Å². The van der Waals surface area contributed by atoms with E-state index in [2.05, 4.69) is 49.1 Å². The zero-order chi connectivity index (χ0) is 10.4. The van der Waals surface area contributed by atoms with Crippen molar-refractivity contribution in [2.75, 3.05) is 13.1 Å². The van der Waals surface area contributed by atoms with Gasteiger partial charge in [-0.05, 0) is 37.2 Å². The molecule has 0 spiro atoms. The Balaban J connectivity index is 1.68. The Morgan fingerprint density at radius 3 is 2.20 bits per heavy atom. The first-order chi connectivity index (χ1) is 7.27. The Kier molecular flexibility index (Phi) is 2.10. The normalized spacial score (nSPS) is 34.5. The van der Waals surface area contributed by atoms with Crippen molar-refractivity contribution < 1.29 is 0 Å². The molecule has 15 heavy (non-hydrogen) atoms. The third-order valence-corrected chi connectivity index (χ3v) is 4.14. The summed E-state index contributed by atoms with van der Waals surface area (Å²) in [7, 11) is 0. The molecule has 1 aliphatic heterocycles. The van der Waals surface area contributed by atoms with E-state index >= 15 is 0 Å². The Morgan fingerprint density at radius 2 is 1.67 bits per heavy atom. The molecular formula is C14H19N. The van der Waals surface area contributed by atoms with Gasteiger partial charge in [0.2, 0.25) is 0 Å². The minimum atomic E-state index is 0.731. The number of fused-ring (bicyclic) bond motifs is 1. The molecule has 3 rings (SSSR count). The summed E-state index contributed by atoms with van der Waals surface area (Å²) >= 11 is 0. The van der Waals surface area contributed by atoms with Gasteiger partial charge >= 0.3 is 0 Å². The maximum Gasteiger partial charge on any atom is 0.00388 e. The van der Waals surface area contributed by atoms with Gasteiger partial charge in [-0.15, -0.1) is 0 Å². The lowest BCUT2D eigenvalue weighted by molar-refractivity contribution is 0.243. The molecular weight excluding hydrogens is 182 g/mol. The minimum Gasteiger partial charge on any atom is -0.300 e. The highest BCUT2D eigenvalue weighted by atomic mass is 15.2. The summed E-state index contributed by atoms with van der Waals surface area (Å²) in [5, 5.41) is 0. The topological polar surface area (TPSA) is 3.24 Å². The average Bonchev–Trinajstić information content (AvgIpc) is 2.74. The van der Waals surface area contributed by atoms with Gasteiger partial charge in [0.1, 0.15) is 0 Å². The number of hydrogen-bond acceptors (Lipinski definition) is 1. The predicted octanol–water partition coefficient (Wildman–Crippen LogP) is 2.74. The molecule has 1 heteroatoms. The van der Waals surface area contributed by atoms with E-state index in [1.165, 1.54) is 13.1 Å². The molecule has 1 saturated carbocycles. The summed E-state index contributed by atoms with van der Waals surface area (Å²) in [5.41, 5.74) is 1.57. The highest BCUT2D eigenvalue weighted by Gasteiger charge is 2.56. The first-order valence-corrected chi connectivity index (χ1v) is 6.06. The Morgan fingerprint density at radius 1 is 1.07 bits per heavy atom. The molecule has 1 heterocycles. The molecule has 0 bridgehead atoms. The van der Waals surface area contributed by atoms with E-state index < -0.39 is 0 Å². The van der Waals surface area contributed by atoms with Gasteiger partial charge in [0.05, 0.1) is 0 Å². The first kappa shape index (κ1) is 9.41. The lowest BCUT2D eigenvalue weighted by Gasteiger charge is -2.23. The summed E-state index contributed by atoms with van der Waals surface area (Å²) < 4.78 is 0. The Hall–Kier alpha value is -0.820. The number of likely N-dealkylation sites (tertiary alicyclic amines) is 1. The number of rotatable bonds is 2. The van der Waals surface area contributed by atoms with Crippen LogP contribution in [0.3, 0.4) is 0 Å². The first-order valence-electron chi connectivity index (χ1n) is 6.06. The molecule has 1 nitrogen and oxygen atoms in total. The zero-order valence-electron chi connectivity index (χ0n) is 9.56. The highest BCUT2D eigenvalue weighted by Crippen LogP contribution is 2.58. The molecule has 0 unspecified atom stereocenters. The van der Waals surface area contributed by atoms with Crippen molar-refractivity contribution >= 4 is 0 Å². The van der Waals surface area contributed by atoms with Crippen molar-refractivity contribution in [2.45, 2.75) is 25.8 Å². The van der Waals surface area contributed by atoms with E-state index in [0.29, 0.717) is 0 Å². The van der Waals surface area contributed by atoms with Gasteiger partial charge < -0.3 is 4.90 Å². The molecule has 2 aliphatic rings. The molecule has 1 aromatic rings. The molecule has 0 amide bonds. The molecule has 3 atom stereocenters. The lowest BCUT2D eigenvalue weighted by Crippen LogP contribution is -2.30. The van der Waals surface area contributed by atoms with Crippen molar-refractivity contribution in [2.24, 2.45) is 11.8 Å². The fraction of sp³-hybridized carbons (Fsp3) is 0.571. The Labute approximate surface area is 92.1 Å². The van der Waals surface area contributed by atoms with Crippen molar-refractivity contribution in [1.29, 1.82) is 0 Å². The second-order valence-corrected chi connectivity index (χ2v) is 5.31. The second kappa shape index (κ2) is 3.34. The van der Waals surface area contributed by atoms with Crippen LogP contribution < -0.4 is 0 Å². The average molecular weight is 201 g/mol. The third-order valence-electron chi connectivity index (χ3n) is 4.14. The number of nitrogens with zero attached hydrogens (tertiary/aromatic N) is 1. The largest absolute Gasteiger partial charge is 0.300 e. The SMILES string of the molecule is CC(C)N1C[C@@H]2[C@H](C1)[C@H]2c1ccccc1. The van der Waals surface area contributed by atoms with Crippen LogP contribution in [0.1, 0.15) is 25.3 Å². The quantitative estimate of drug-likeness (QED) is 0.711. The summed E-state index contributed by atoms with van der Waals surface area (Å²) in [5.74, 6) is 2.78. The lowest BCUT2D eigenvalue weighted by atomic mass is 10.1. The van der Waals surface area contributed by atoms with Crippen molar-refractivity contribution in [1.82, 2.24) is 4.90 Å². The van der Waals surface area contributed by atoms with Gasteiger partial charge in [-0.25, -0.2) is 0 Å². The van der Waals surface area contributed by atoms with Gasteiger partial charge in [0.15, 0.2) is 0 Å². The molecule has 0 N–H and O–H groups in total. The van der Waals surface area contributed by atoms with Gasteiger partial charge in [0, 0.05) is 19.1 Å². The van der Waals surface area contributed by atoms with E-state index in [0.717, 1.165) is 23.8 Å². The molecule has 2 fully saturated rings. The second-order valence-electron chi connectivity index (χ2n) is 5.31. The fourth-order valence-electron chi connectivity index (χ4n) is 3.15. The monoisotopic (exact) mass is 201 g/mol. The summed E-state index contributed by atoms with van der Waals surface area (Å²) in [6.07, 6.45) is 0. The molecule has 1 aliphatic carbocycles. The molecule has 0 radical (unpaired) electrons. The van der Waals surface area contributed by atoms with Crippen LogP contribution in [0.25, 0.3) is 0 Å². The zero-order valence-corrected chi connectivity index (χ0v) is 9.56. The van der Waals surface area contributed by atoms with E-state index in [1.54, 1.807) is 5.56 Å². The smallest absolute Gasteiger partial charge is 0.00388 e. The standard InChI is InChI=1S/C14H19N/c1-10(2)15-8-12-13(9-15)14(12)11-6-4-3-5-7-11/h3-7,10,12-14H,8-9H2,1-2H3/t12-,13+,14+. The van der Waals surface area contributed by atoms with Crippen LogP contribution in [0.5, 0.6) is 0 Å². The van der Waals surface area contributed by atoms with Gasteiger partial charge in [-0.2, -0.15) is 0 Å². The van der Waals surface area contributed by atoms with Crippen LogP contribution in [0.4, 0.5) is 0 Å².